The lowest BCUT2D eigenvalue weighted by Gasteiger charge is -1.95. The van der Waals surface area contributed by atoms with Crippen molar-refractivity contribution in [2.24, 2.45) is 0 Å². The molecule has 0 aromatic rings. The fourth-order valence-electron chi connectivity index (χ4n) is 0.486. The predicted molar refractivity (Wildman–Crippen MR) is 35.0 cm³/mol. The molecule has 0 fully saturated rings. The van der Waals surface area contributed by atoms with Gasteiger partial charge < -0.3 is 10.4 Å². The van der Waals surface area contributed by atoms with Crippen molar-refractivity contribution in [1.82, 2.24) is 5.32 Å². The Balaban J connectivity index is 3.05. The van der Waals surface area contributed by atoms with Crippen LogP contribution in [0, 0.1) is 0 Å². The van der Waals surface area contributed by atoms with Crippen LogP contribution in [0.25, 0.3) is 0 Å². The van der Waals surface area contributed by atoms with Crippen LogP contribution in [0.5, 0.6) is 0 Å². The van der Waals surface area contributed by atoms with Gasteiger partial charge in [-0.25, -0.2) is 0 Å². The molecule has 3 nitrogen and oxygen atoms in total. The van der Waals surface area contributed by atoms with Gasteiger partial charge in [0.25, 0.3) is 0 Å². The highest BCUT2D eigenvalue weighted by atomic mass is 16.2. The average Bonchev–Trinajstić information content (AvgIpc) is 1.89. The van der Waals surface area contributed by atoms with Gasteiger partial charge in [0, 0.05) is 21.4 Å². The fourth-order valence-corrected chi connectivity index (χ4v) is 0.486. The fraction of sp³-hybridized carbons (Fsp3) is 0.833. The minimum Gasteiger partial charge on any atom is -0.396 e. The van der Waals surface area contributed by atoms with E-state index < -0.39 is 0 Å². The van der Waals surface area contributed by atoms with Crippen molar-refractivity contribution >= 4 is 5.91 Å². The zero-order chi connectivity index (χ0) is 7.82. The highest BCUT2D eigenvalue weighted by Gasteiger charge is 1.94. The number of carbonyl (C=O) groups excluding carboxylic acids is 1. The minimum absolute atomic E-state index is 0.0576. The van der Waals surface area contributed by atoms with Crippen molar-refractivity contribution in [3.05, 3.63) is 0 Å². The third kappa shape index (κ3) is 5.30. The van der Waals surface area contributed by atoms with E-state index in [0.29, 0.717) is 19.3 Å². The molecule has 3 heteroatoms. The lowest BCUT2D eigenvalue weighted by atomic mass is 10.2. The molecule has 2 N–H and O–H groups in total. The molecule has 0 aliphatic carbocycles. The summed E-state index contributed by atoms with van der Waals surface area (Å²) in [5.74, 6) is -0.108. The molecule has 0 aliphatic heterocycles. The van der Waals surface area contributed by atoms with Crippen molar-refractivity contribution in [3.63, 3.8) is 0 Å². The van der Waals surface area contributed by atoms with Crippen LogP contribution < -0.4 is 5.32 Å². The van der Waals surface area contributed by atoms with Crippen LogP contribution >= 0.6 is 0 Å². The molecule has 0 unspecified atom stereocenters. The van der Waals surface area contributed by atoms with Gasteiger partial charge in [0.15, 0.2) is 0 Å². The summed E-state index contributed by atoms with van der Waals surface area (Å²) in [5.41, 5.74) is 0. The first-order valence-electron chi connectivity index (χ1n) is 3.68. The molecule has 0 aromatic heterocycles. The summed E-state index contributed by atoms with van der Waals surface area (Å²) in [5, 5.41) is 10.7. The van der Waals surface area contributed by atoms with E-state index in [9.17, 15) is 4.79 Å². The van der Waals surface area contributed by atoms with Gasteiger partial charge in [-0.2, -0.15) is 0 Å². The first kappa shape index (κ1) is 6.55. The molecular weight excluding hydrogens is 118 g/mol. The van der Waals surface area contributed by atoms with Gasteiger partial charge in [-0.05, 0) is 12.8 Å². The third-order valence-electron chi connectivity index (χ3n) is 1.01. The van der Waals surface area contributed by atoms with E-state index in [1.807, 2.05) is 0 Å². The summed E-state index contributed by atoms with van der Waals surface area (Å²) in [7, 11) is -0.0576. The molecule has 0 atom stereocenters. The Morgan fingerprint density at radius 1 is 1.78 bits per heavy atom. The monoisotopic (exact) mass is 133 g/mol. The van der Waals surface area contributed by atoms with Gasteiger partial charge >= 0.3 is 0 Å². The highest BCUT2D eigenvalue weighted by Crippen LogP contribution is 1.92. The maximum Gasteiger partial charge on any atom is 0.219 e. The number of aliphatic hydroxyl groups excluding tert-OH is 1. The van der Waals surface area contributed by atoms with Crippen LogP contribution in [0.1, 0.15) is 20.6 Å². The van der Waals surface area contributed by atoms with E-state index in [-0.39, 0.29) is 19.5 Å². The van der Waals surface area contributed by atoms with E-state index >= 15 is 0 Å². The summed E-state index contributed by atoms with van der Waals surface area (Å²) < 4.78 is 6.63. The van der Waals surface area contributed by atoms with E-state index in [4.69, 9.17) is 6.48 Å². The Labute approximate surface area is 56.5 Å². The first-order valence-corrected chi connectivity index (χ1v) is 2.98. The van der Waals surface area contributed by atoms with Gasteiger partial charge in [0.05, 0.1) is 0 Å². The normalized spacial score (nSPS) is 10.6. The molecule has 54 valence electrons. The van der Waals surface area contributed by atoms with Crippen LogP contribution in [0.4, 0.5) is 0 Å². The van der Waals surface area contributed by atoms with Crippen LogP contribution in [0.3, 0.4) is 0 Å². The number of carbonyl (C=O) groups is 1. The van der Waals surface area contributed by atoms with Crippen LogP contribution in [0.15, 0.2) is 0 Å². The second kappa shape index (κ2) is 5.56. The predicted octanol–water partition coefficient (Wildman–Crippen LogP) is -0.105. The minimum atomic E-state index is -0.108. The number of hydrogen-bond donors (Lipinski definition) is 2. The Morgan fingerprint density at radius 3 is 3.11 bits per heavy atom. The molecule has 0 spiro atoms. The number of amides is 1. The molecule has 0 aromatic carbocycles. The van der Waals surface area contributed by atoms with Crippen LogP contribution in [0.2, 0.25) is 0 Å². The molecule has 0 heterocycles. The van der Waals surface area contributed by atoms with E-state index in [2.05, 4.69) is 5.32 Å². The molecule has 0 saturated carbocycles. The van der Waals surface area contributed by atoms with Gasteiger partial charge in [-0.15, -0.1) is 0 Å². The first-order chi connectivity index (χ1) is 4.81. The zero-order valence-corrected chi connectivity index (χ0v) is 5.39. The van der Waals surface area contributed by atoms with Crippen LogP contribution in [-0.4, -0.2) is 24.6 Å². The molecule has 1 amide bonds. The van der Waals surface area contributed by atoms with Crippen molar-refractivity contribution < 1.29 is 11.3 Å². The van der Waals surface area contributed by atoms with Gasteiger partial charge in [0.2, 0.25) is 5.91 Å². The third-order valence-corrected chi connectivity index (χ3v) is 1.01. The van der Waals surface area contributed by atoms with Crippen molar-refractivity contribution in [2.75, 3.05) is 13.6 Å². The number of rotatable bonds is 4. The maximum absolute atomic E-state index is 10.6. The summed E-state index contributed by atoms with van der Waals surface area (Å²) in [6.07, 6.45) is 1.77. The SMILES string of the molecule is [3H]CNC(=O)CCCCO. The largest absolute Gasteiger partial charge is 0.396 e. The van der Waals surface area contributed by atoms with Crippen molar-refractivity contribution in [3.8, 4) is 0 Å². The molecule has 0 bridgehead atoms. The van der Waals surface area contributed by atoms with E-state index in [0.717, 1.165) is 0 Å². The lowest BCUT2D eigenvalue weighted by molar-refractivity contribution is -0.120. The quantitative estimate of drug-likeness (QED) is 0.526. The van der Waals surface area contributed by atoms with Gasteiger partial charge in [-0.1, -0.05) is 0 Å². The zero-order valence-electron chi connectivity index (χ0n) is 6.39. The number of unbranched alkanes of at least 4 members (excludes halogenated alkanes) is 1. The van der Waals surface area contributed by atoms with Crippen LogP contribution in [-0.2, 0) is 4.79 Å². The standard InChI is InChI=1S/C6H13NO2/c1-7-6(9)4-2-3-5-8/h8H,2-5H2,1H3,(H,7,9)/i1T. The van der Waals surface area contributed by atoms with Crippen molar-refractivity contribution in [1.29, 1.82) is 0 Å². The summed E-state index contributed by atoms with van der Waals surface area (Å²) in [6.45, 7) is 0.133. The molecule has 9 heavy (non-hydrogen) atoms. The summed E-state index contributed by atoms with van der Waals surface area (Å²) in [6, 6.07) is 0. The Kier molecular flexibility index (Phi) is 4.05. The second-order valence-corrected chi connectivity index (χ2v) is 1.78. The second-order valence-electron chi connectivity index (χ2n) is 1.78. The highest BCUT2D eigenvalue weighted by molar-refractivity contribution is 5.75. The molecule has 0 saturated heterocycles. The number of nitrogens with one attached hydrogen (secondary N) is 1. The Morgan fingerprint density at radius 2 is 2.56 bits per heavy atom. The number of hydrogen-bond acceptors (Lipinski definition) is 2. The topological polar surface area (TPSA) is 49.3 Å². The van der Waals surface area contributed by atoms with E-state index in [1.165, 1.54) is 0 Å². The summed E-state index contributed by atoms with van der Waals surface area (Å²) in [4.78, 5) is 10.6. The van der Waals surface area contributed by atoms with Crippen molar-refractivity contribution in [2.45, 2.75) is 19.3 Å². The van der Waals surface area contributed by atoms with Gasteiger partial charge in [0.1, 0.15) is 0 Å². The average molecular weight is 133 g/mol. The Hall–Kier alpha value is -0.570. The van der Waals surface area contributed by atoms with Gasteiger partial charge in [-0.3, -0.25) is 4.79 Å². The number of aliphatic hydroxyl groups is 1. The maximum atomic E-state index is 10.6. The van der Waals surface area contributed by atoms with E-state index in [1.54, 1.807) is 0 Å². The lowest BCUT2D eigenvalue weighted by Crippen LogP contribution is -2.16. The molecule has 0 rings (SSSR count). The smallest absolute Gasteiger partial charge is 0.219 e. The molecule has 0 radical (unpaired) electrons. The Bertz CT molecular complexity index is 97.7. The molecular formula is C6H13NO2. The molecule has 0 aliphatic rings. The summed E-state index contributed by atoms with van der Waals surface area (Å²) >= 11 is 0.